The van der Waals surface area contributed by atoms with Crippen LogP contribution in [0, 0.1) is 6.92 Å². The Bertz CT molecular complexity index is 575. The quantitative estimate of drug-likeness (QED) is 0.865. The maximum atomic E-state index is 12.2. The van der Waals surface area contributed by atoms with Gasteiger partial charge in [0.15, 0.2) is 5.82 Å². The van der Waals surface area contributed by atoms with Gasteiger partial charge in [-0.05, 0) is 13.8 Å². The molecule has 2 aromatic heterocycles. The van der Waals surface area contributed by atoms with E-state index in [4.69, 9.17) is 5.73 Å². The summed E-state index contributed by atoms with van der Waals surface area (Å²) in [5, 5.41) is 9.22. The number of H-pyrrole nitrogens is 1. The summed E-state index contributed by atoms with van der Waals surface area (Å²) in [5.41, 5.74) is 6.14. The first-order valence-electron chi connectivity index (χ1n) is 5.81. The van der Waals surface area contributed by atoms with Crippen LogP contribution in [0.1, 0.15) is 40.1 Å². The summed E-state index contributed by atoms with van der Waals surface area (Å²) in [6.07, 6.45) is 0. The second-order valence-corrected chi connectivity index (χ2v) is 5.25. The molecule has 2 rings (SSSR count). The van der Waals surface area contributed by atoms with Crippen LogP contribution in [0.2, 0.25) is 0 Å². The molecule has 19 heavy (non-hydrogen) atoms. The minimum atomic E-state index is -0.161. The monoisotopic (exact) mass is 280 g/mol. The third-order valence-electron chi connectivity index (χ3n) is 2.50. The average Bonchev–Trinajstić information content (AvgIpc) is 2.97. The summed E-state index contributed by atoms with van der Waals surface area (Å²) >= 11 is 1.39. The third kappa shape index (κ3) is 3.15. The summed E-state index contributed by atoms with van der Waals surface area (Å²) in [5.74, 6) is 1.14. The van der Waals surface area contributed by atoms with Crippen LogP contribution in [0.4, 0.5) is 0 Å². The molecule has 1 amide bonds. The van der Waals surface area contributed by atoms with Gasteiger partial charge in [0.05, 0.1) is 12.6 Å². The number of amides is 1. The van der Waals surface area contributed by atoms with Gasteiger partial charge in [0.2, 0.25) is 0 Å². The summed E-state index contributed by atoms with van der Waals surface area (Å²) in [4.78, 5) is 22.1. The lowest BCUT2D eigenvalue weighted by molar-refractivity contribution is 0.0776. The predicted octanol–water partition coefficient (Wildman–Crippen LogP) is 0.862. The molecule has 0 saturated carbocycles. The standard InChI is InChI=1S/C11H16N6OS/c1-6(12)10-14-8(5-19-10)11(18)17(3)4-9-13-7(2)15-16-9/h5-6H,4,12H2,1-3H3,(H,13,15,16). The zero-order valence-electron chi connectivity index (χ0n) is 11.0. The minimum Gasteiger partial charge on any atom is -0.333 e. The van der Waals surface area contributed by atoms with E-state index in [0.717, 1.165) is 10.8 Å². The smallest absolute Gasteiger partial charge is 0.273 e. The molecule has 7 nitrogen and oxygen atoms in total. The molecule has 2 aromatic rings. The molecule has 0 radical (unpaired) electrons. The molecule has 0 fully saturated rings. The number of hydrogen-bond donors (Lipinski definition) is 2. The molecule has 0 saturated heterocycles. The van der Waals surface area contributed by atoms with E-state index < -0.39 is 0 Å². The van der Waals surface area contributed by atoms with Gasteiger partial charge >= 0.3 is 0 Å². The predicted molar refractivity (Wildman–Crippen MR) is 71.6 cm³/mol. The first-order chi connectivity index (χ1) is 8.97. The molecule has 0 bridgehead atoms. The van der Waals surface area contributed by atoms with E-state index in [9.17, 15) is 4.79 Å². The number of rotatable bonds is 4. The molecule has 0 aliphatic heterocycles. The topological polar surface area (TPSA) is 101 Å². The lowest BCUT2D eigenvalue weighted by Crippen LogP contribution is -2.27. The molecular weight excluding hydrogens is 264 g/mol. The highest BCUT2D eigenvalue weighted by Gasteiger charge is 2.18. The number of aromatic amines is 1. The number of thiazole rings is 1. The molecule has 0 aliphatic carbocycles. The SMILES string of the molecule is Cc1nc(CN(C)C(=O)c2csc(C(C)N)n2)n[nH]1. The molecular formula is C11H16N6OS. The van der Waals surface area contributed by atoms with Crippen molar-refractivity contribution in [2.45, 2.75) is 26.4 Å². The number of carbonyl (C=O) groups is 1. The number of nitrogens with one attached hydrogen (secondary N) is 1. The van der Waals surface area contributed by atoms with Crippen molar-refractivity contribution in [1.29, 1.82) is 0 Å². The molecule has 2 heterocycles. The van der Waals surface area contributed by atoms with Crippen molar-refractivity contribution in [3.05, 3.63) is 27.7 Å². The Hall–Kier alpha value is -1.80. The molecule has 1 unspecified atom stereocenters. The second kappa shape index (κ2) is 5.45. The Morgan fingerprint density at radius 2 is 2.32 bits per heavy atom. The molecule has 8 heteroatoms. The number of aryl methyl sites for hydroxylation is 1. The Balaban J connectivity index is 2.05. The van der Waals surface area contributed by atoms with Crippen LogP contribution in [-0.4, -0.2) is 38.0 Å². The minimum absolute atomic E-state index is 0.160. The highest BCUT2D eigenvalue weighted by atomic mass is 32.1. The highest BCUT2D eigenvalue weighted by Crippen LogP contribution is 2.17. The zero-order chi connectivity index (χ0) is 14.0. The second-order valence-electron chi connectivity index (χ2n) is 4.36. The van der Waals surface area contributed by atoms with Gasteiger partial charge in [0.25, 0.3) is 5.91 Å². The van der Waals surface area contributed by atoms with Crippen LogP contribution in [0.5, 0.6) is 0 Å². The summed E-state index contributed by atoms with van der Waals surface area (Å²) in [6.45, 7) is 4.00. The molecule has 0 aromatic carbocycles. The van der Waals surface area contributed by atoms with E-state index in [1.807, 2.05) is 13.8 Å². The van der Waals surface area contributed by atoms with Crippen molar-refractivity contribution >= 4 is 17.2 Å². The van der Waals surface area contributed by atoms with Crippen molar-refractivity contribution in [3.8, 4) is 0 Å². The van der Waals surface area contributed by atoms with E-state index in [2.05, 4.69) is 20.2 Å². The maximum Gasteiger partial charge on any atom is 0.273 e. The van der Waals surface area contributed by atoms with E-state index in [1.54, 1.807) is 12.4 Å². The average molecular weight is 280 g/mol. The number of hydrogen-bond acceptors (Lipinski definition) is 6. The van der Waals surface area contributed by atoms with Gasteiger partial charge in [-0.3, -0.25) is 9.89 Å². The van der Waals surface area contributed by atoms with Gasteiger partial charge in [0, 0.05) is 12.4 Å². The Morgan fingerprint density at radius 3 is 2.84 bits per heavy atom. The lowest BCUT2D eigenvalue weighted by Gasteiger charge is -2.13. The van der Waals surface area contributed by atoms with Gasteiger partial charge in [-0.1, -0.05) is 0 Å². The van der Waals surface area contributed by atoms with Crippen molar-refractivity contribution in [3.63, 3.8) is 0 Å². The maximum absolute atomic E-state index is 12.2. The number of carbonyl (C=O) groups excluding carboxylic acids is 1. The summed E-state index contributed by atoms with van der Waals surface area (Å²) in [7, 11) is 1.69. The highest BCUT2D eigenvalue weighted by molar-refractivity contribution is 7.09. The lowest BCUT2D eigenvalue weighted by atomic mass is 10.3. The number of aromatic nitrogens is 4. The van der Waals surface area contributed by atoms with Crippen molar-refractivity contribution in [2.75, 3.05) is 7.05 Å². The summed E-state index contributed by atoms with van der Waals surface area (Å²) < 4.78 is 0. The van der Waals surface area contributed by atoms with Crippen LogP contribution in [0.25, 0.3) is 0 Å². The zero-order valence-corrected chi connectivity index (χ0v) is 11.9. The van der Waals surface area contributed by atoms with Gasteiger partial charge in [-0.15, -0.1) is 11.3 Å². The largest absolute Gasteiger partial charge is 0.333 e. The number of nitrogens with two attached hydrogens (primary N) is 1. The van der Waals surface area contributed by atoms with E-state index in [0.29, 0.717) is 18.1 Å². The summed E-state index contributed by atoms with van der Waals surface area (Å²) in [6, 6.07) is -0.160. The van der Waals surface area contributed by atoms with Gasteiger partial charge in [0.1, 0.15) is 16.5 Å². The Kier molecular flexibility index (Phi) is 3.91. The first kappa shape index (κ1) is 13.6. The van der Waals surface area contributed by atoms with Crippen LogP contribution < -0.4 is 5.73 Å². The van der Waals surface area contributed by atoms with Crippen LogP contribution in [-0.2, 0) is 6.54 Å². The fourth-order valence-corrected chi connectivity index (χ4v) is 2.29. The fraction of sp³-hybridized carbons (Fsp3) is 0.455. The molecule has 3 N–H and O–H groups in total. The van der Waals surface area contributed by atoms with Gasteiger partial charge in [-0.25, -0.2) is 9.97 Å². The van der Waals surface area contributed by atoms with E-state index in [-0.39, 0.29) is 11.9 Å². The van der Waals surface area contributed by atoms with Crippen LogP contribution >= 0.6 is 11.3 Å². The van der Waals surface area contributed by atoms with Crippen molar-refractivity contribution in [1.82, 2.24) is 25.1 Å². The Morgan fingerprint density at radius 1 is 1.58 bits per heavy atom. The fourth-order valence-electron chi connectivity index (χ4n) is 1.53. The van der Waals surface area contributed by atoms with Crippen molar-refractivity contribution in [2.24, 2.45) is 5.73 Å². The molecule has 0 spiro atoms. The first-order valence-corrected chi connectivity index (χ1v) is 6.69. The molecule has 0 aliphatic rings. The molecule has 1 atom stereocenters. The van der Waals surface area contributed by atoms with Crippen LogP contribution in [0.3, 0.4) is 0 Å². The van der Waals surface area contributed by atoms with Gasteiger partial charge < -0.3 is 10.6 Å². The van der Waals surface area contributed by atoms with Crippen LogP contribution in [0.15, 0.2) is 5.38 Å². The van der Waals surface area contributed by atoms with Crippen molar-refractivity contribution < 1.29 is 4.79 Å². The Labute approximate surface area is 114 Å². The van der Waals surface area contributed by atoms with Gasteiger partial charge in [-0.2, -0.15) is 5.10 Å². The third-order valence-corrected chi connectivity index (χ3v) is 3.55. The van der Waals surface area contributed by atoms with E-state index >= 15 is 0 Å². The molecule has 102 valence electrons. The normalized spacial score (nSPS) is 12.4. The number of nitrogens with zero attached hydrogens (tertiary/aromatic N) is 4. The van der Waals surface area contributed by atoms with E-state index in [1.165, 1.54) is 16.2 Å².